The number of hydrogen-bond acceptors (Lipinski definition) is 3. The first-order valence-corrected chi connectivity index (χ1v) is 9.77. The molecule has 2 fully saturated rings. The number of nitrogens with one attached hydrogen (secondary N) is 1. The molecule has 1 aliphatic carbocycles. The molecule has 4 rings (SSSR count). The summed E-state index contributed by atoms with van der Waals surface area (Å²) < 4.78 is 0. The number of nitrogens with zero attached hydrogens (tertiary/aromatic N) is 1. The molecule has 1 saturated heterocycles. The van der Waals surface area contributed by atoms with E-state index < -0.39 is 0 Å². The lowest BCUT2D eigenvalue weighted by molar-refractivity contribution is 0.312. The molecular formula is C19H23ClN2S. The van der Waals surface area contributed by atoms with Crippen LogP contribution in [0.3, 0.4) is 0 Å². The lowest BCUT2D eigenvalue weighted by atomic mass is 10.1. The lowest BCUT2D eigenvalue weighted by Gasteiger charge is -2.14. The number of benzene rings is 1. The van der Waals surface area contributed by atoms with Gasteiger partial charge in [0, 0.05) is 33.9 Å². The van der Waals surface area contributed by atoms with Gasteiger partial charge in [0.05, 0.1) is 0 Å². The number of thiophene rings is 1. The van der Waals surface area contributed by atoms with E-state index in [4.69, 9.17) is 11.6 Å². The van der Waals surface area contributed by atoms with Crippen molar-refractivity contribution in [2.45, 2.75) is 31.8 Å². The van der Waals surface area contributed by atoms with Crippen molar-refractivity contribution < 1.29 is 0 Å². The Kier molecular flexibility index (Phi) is 4.72. The Hall–Kier alpha value is -0.870. The second-order valence-corrected chi connectivity index (χ2v) is 8.39. The maximum atomic E-state index is 5.96. The van der Waals surface area contributed by atoms with Crippen LogP contribution in [0.2, 0.25) is 5.02 Å². The molecule has 2 heterocycles. The Bertz CT molecular complexity index is 648. The maximum absolute atomic E-state index is 5.96. The average Bonchev–Trinajstić information content (AvgIpc) is 3.12. The summed E-state index contributed by atoms with van der Waals surface area (Å²) in [7, 11) is 0. The predicted octanol–water partition coefficient (Wildman–Crippen LogP) is 4.64. The molecule has 1 N–H and O–H groups in total. The Morgan fingerprint density at radius 2 is 1.91 bits per heavy atom. The smallest absolute Gasteiger partial charge is 0.0406 e. The van der Waals surface area contributed by atoms with Crippen LogP contribution in [0.15, 0.2) is 36.4 Å². The van der Waals surface area contributed by atoms with E-state index in [0.717, 1.165) is 30.1 Å². The predicted molar refractivity (Wildman–Crippen MR) is 99.2 cm³/mol. The largest absolute Gasteiger partial charge is 0.312 e. The Morgan fingerprint density at radius 3 is 2.70 bits per heavy atom. The third-order valence-electron chi connectivity index (χ3n) is 4.90. The Morgan fingerprint density at radius 1 is 1.09 bits per heavy atom. The second-order valence-electron chi connectivity index (χ2n) is 6.78. The molecule has 1 aromatic heterocycles. The molecule has 23 heavy (non-hydrogen) atoms. The van der Waals surface area contributed by atoms with Gasteiger partial charge >= 0.3 is 0 Å². The molecule has 122 valence electrons. The summed E-state index contributed by atoms with van der Waals surface area (Å²) >= 11 is 7.83. The fourth-order valence-corrected chi connectivity index (χ4v) is 4.55. The molecule has 0 radical (unpaired) electrons. The highest BCUT2D eigenvalue weighted by molar-refractivity contribution is 7.15. The summed E-state index contributed by atoms with van der Waals surface area (Å²) in [5.41, 5.74) is 1.25. The van der Waals surface area contributed by atoms with Gasteiger partial charge in [-0.05, 0) is 68.1 Å². The molecule has 2 nitrogen and oxygen atoms in total. The molecule has 0 spiro atoms. The fraction of sp³-hybridized carbons (Fsp3) is 0.474. The minimum Gasteiger partial charge on any atom is -0.312 e. The molecule has 1 atom stereocenters. The van der Waals surface area contributed by atoms with Gasteiger partial charge in [0.25, 0.3) is 0 Å². The standard InChI is InChI=1S/C19H23ClN2S/c20-16-3-1-15(2-4-16)19-8-7-18(23-19)12-21-11-14-9-10-22(13-14)17-5-6-17/h1-4,7-8,14,17,21H,5-6,9-13H2. The van der Waals surface area contributed by atoms with Crippen molar-refractivity contribution in [2.24, 2.45) is 5.92 Å². The van der Waals surface area contributed by atoms with E-state index in [0.29, 0.717) is 0 Å². The molecule has 1 aliphatic heterocycles. The summed E-state index contributed by atoms with van der Waals surface area (Å²) in [4.78, 5) is 5.42. The first kappa shape index (κ1) is 15.6. The number of rotatable bonds is 6. The quantitative estimate of drug-likeness (QED) is 0.819. The fourth-order valence-electron chi connectivity index (χ4n) is 3.44. The summed E-state index contributed by atoms with van der Waals surface area (Å²) in [5.74, 6) is 0.839. The molecule has 1 unspecified atom stereocenters. The van der Waals surface area contributed by atoms with E-state index in [1.807, 2.05) is 23.5 Å². The van der Waals surface area contributed by atoms with Crippen LogP contribution in [0.5, 0.6) is 0 Å². The first-order chi connectivity index (χ1) is 11.3. The van der Waals surface area contributed by atoms with E-state index in [9.17, 15) is 0 Å². The van der Waals surface area contributed by atoms with Crippen LogP contribution < -0.4 is 5.32 Å². The van der Waals surface area contributed by atoms with Crippen LogP contribution in [0.4, 0.5) is 0 Å². The maximum Gasteiger partial charge on any atom is 0.0406 e. The van der Waals surface area contributed by atoms with Crippen LogP contribution in [0.1, 0.15) is 24.1 Å². The van der Waals surface area contributed by atoms with Crippen molar-refractivity contribution in [1.82, 2.24) is 10.2 Å². The van der Waals surface area contributed by atoms with Gasteiger partial charge in [0.15, 0.2) is 0 Å². The number of halogens is 1. The minimum absolute atomic E-state index is 0.795. The van der Waals surface area contributed by atoms with Gasteiger partial charge in [0.2, 0.25) is 0 Å². The zero-order valence-electron chi connectivity index (χ0n) is 13.3. The Labute approximate surface area is 147 Å². The summed E-state index contributed by atoms with van der Waals surface area (Å²) in [6.07, 6.45) is 4.23. The second kappa shape index (κ2) is 6.94. The average molecular weight is 347 g/mol. The van der Waals surface area contributed by atoms with Crippen molar-refractivity contribution in [2.75, 3.05) is 19.6 Å². The molecule has 4 heteroatoms. The molecule has 0 amide bonds. The van der Waals surface area contributed by atoms with E-state index in [1.165, 1.54) is 47.7 Å². The van der Waals surface area contributed by atoms with Gasteiger partial charge < -0.3 is 10.2 Å². The van der Waals surface area contributed by atoms with Crippen LogP contribution >= 0.6 is 22.9 Å². The highest BCUT2D eigenvalue weighted by Gasteiger charge is 2.33. The first-order valence-electron chi connectivity index (χ1n) is 8.57. The van der Waals surface area contributed by atoms with Crippen molar-refractivity contribution >= 4 is 22.9 Å². The van der Waals surface area contributed by atoms with Crippen LogP contribution in [-0.2, 0) is 6.54 Å². The highest BCUT2D eigenvalue weighted by Crippen LogP contribution is 2.32. The van der Waals surface area contributed by atoms with Gasteiger partial charge in [-0.15, -0.1) is 11.3 Å². The molecule has 1 saturated carbocycles. The van der Waals surface area contributed by atoms with Crippen LogP contribution in [0.25, 0.3) is 10.4 Å². The number of likely N-dealkylation sites (tertiary alicyclic amines) is 1. The highest BCUT2D eigenvalue weighted by atomic mass is 35.5. The zero-order valence-corrected chi connectivity index (χ0v) is 14.9. The van der Waals surface area contributed by atoms with Gasteiger partial charge in [-0.1, -0.05) is 23.7 Å². The van der Waals surface area contributed by atoms with Crippen LogP contribution in [-0.4, -0.2) is 30.6 Å². The Balaban J connectivity index is 1.26. The minimum atomic E-state index is 0.795. The van der Waals surface area contributed by atoms with Gasteiger partial charge in [-0.3, -0.25) is 0 Å². The van der Waals surface area contributed by atoms with Crippen LogP contribution in [0, 0.1) is 5.92 Å². The number of hydrogen-bond donors (Lipinski definition) is 1. The van der Waals surface area contributed by atoms with E-state index in [-0.39, 0.29) is 0 Å². The monoisotopic (exact) mass is 346 g/mol. The van der Waals surface area contributed by atoms with E-state index in [2.05, 4.69) is 34.5 Å². The molecular weight excluding hydrogens is 324 g/mol. The van der Waals surface area contributed by atoms with E-state index >= 15 is 0 Å². The normalized spacial score (nSPS) is 21.9. The van der Waals surface area contributed by atoms with Crippen molar-refractivity contribution in [3.63, 3.8) is 0 Å². The van der Waals surface area contributed by atoms with Gasteiger partial charge in [-0.25, -0.2) is 0 Å². The molecule has 2 aliphatic rings. The molecule has 2 aromatic rings. The summed E-state index contributed by atoms with van der Waals surface area (Å²) in [5, 5.41) is 4.46. The molecule has 1 aromatic carbocycles. The van der Waals surface area contributed by atoms with Crippen molar-refractivity contribution in [3.05, 3.63) is 46.3 Å². The van der Waals surface area contributed by atoms with E-state index in [1.54, 1.807) is 0 Å². The van der Waals surface area contributed by atoms with Gasteiger partial charge in [0.1, 0.15) is 0 Å². The van der Waals surface area contributed by atoms with Gasteiger partial charge in [-0.2, -0.15) is 0 Å². The molecule has 0 bridgehead atoms. The third kappa shape index (κ3) is 3.97. The summed E-state index contributed by atoms with van der Waals surface area (Å²) in [6, 6.07) is 13.5. The lowest BCUT2D eigenvalue weighted by Crippen LogP contribution is -2.27. The zero-order chi connectivity index (χ0) is 15.6. The van der Waals surface area contributed by atoms with Crippen molar-refractivity contribution in [1.29, 1.82) is 0 Å². The topological polar surface area (TPSA) is 15.3 Å². The SMILES string of the molecule is Clc1ccc(-c2ccc(CNCC3CCN(C4CC4)C3)s2)cc1. The summed E-state index contributed by atoms with van der Waals surface area (Å²) in [6.45, 7) is 4.75. The van der Waals surface area contributed by atoms with Crippen molar-refractivity contribution in [3.8, 4) is 10.4 Å². The third-order valence-corrected chi connectivity index (χ3v) is 6.29.